The highest BCUT2D eigenvalue weighted by atomic mass is 32.1. The third-order valence-electron chi connectivity index (χ3n) is 4.37. The van der Waals surface area contributed by atoms with Gasteiger partial charge in [0.25, 0.3) is 5.91 Å². The number of nitrogens with one attached hydrogen (secondary N) is 1. The molecule has 29 heavy (non-hydrogen) atoms. The lowest BCUT2D eigenvalue weighted by molar-refractivity contribution is -0.141. The van der Waals surface area contributed by atoms with E-state index in [-0.39, 0.29) is 18.1 Å². The number of carbonyl (C=O) groups is 3. The van der Waals surface area contributed by atoms with Gasteiger partial charge in [-0.3, -0.25) is 19.3 Å². The first-order chi connectivity index (χ1) is 13.9. The number of thiocarbonyl (C=S) groups is 1. The van der Waals surface area contributed by atoms with E-state index in [2.05, 4.69) is 5.32 Å². The van der Waals surface area contributed by atoms with Crippen LogP contribution in [0.3, 0.4) is 0 Å². The van der Waals surface area contributed by atoms with Crippen LogP contribution in [0.4, 0.5) is 15.8 Å². The van der Waals surface area contributed by atoms with E-state index in [1.807, 2.05) is 0 Å². The molecule has 3 rings (SSSR count). The third-order valence-corrected chi connectivity index (χ3v) is 4.78. The minimum Gasteiger partial charge on any atom is -0.468 e. The summed E-state index contributed by atoms with van der Waals surface area (Å²) in [5.74, 6) is -1.90. The first kappa shape index (κ1) is 20.4. The van der Waals surface area contributed by atoms with Crippen LogP contribution in [0, 0.1) is 5.82 Å². The number of ether oxygens (including phenoxy) is 1. The van der Waals surface area contributed by atoms with Crippen LogP contribution in [0.5, 0.6) is 0 Å². The summed E-state index contributed by atoms with van der Waals surface area (Å²) in [5.41, 5.74) is 0.933. The molecular formula is C20H18FN3O4S. The molecule has 0 saturated carbocycles. The molecule has 150 valence electrons. The lowest BCUT2D eigenvalue weighted by Gasteiger charge is -2.22. The third kappa shape index (κ3) is 4.57. The fraction of sp³-hybridized carbons (Fsp3) is 0.200. The van der Waals surface area contributed by atoms with E-state index >= 15 is 0 Å². The Bertz CT molecular complexity index is 937. The molecule has 1 atom stereocenters. The quantitative estimate of drug-likeness (QED) is 0.576. The molecule has 0 unspecified atom stereocenters. The van der Waals surface area contributed by atoms with Crippen molar-refractivity contribution in [3.05, 3.63) is 60.4 Å². The smallest absolute Gasteiger partial charge is 0.325 e. The summed E-state index contributed by atoms with van der Waals surface area (Å²) in [6, 6.07) is 13.0. The summed E-state index contributed by atoms with van der Waals surface area (Å²) in [7, 11) is 1.23. The highest BCUT2D eigenvalue weighted by molar-refractivity contribution is 7.80. The number of carbonyl (C=O) groups excluding carboxylic acids is 3. The van der Waals surface area contributed by atoms with Gasteiger partial charge >= 0.3 is 5.97 Å². The van der Waals surface area contributed by atoms with Crippen LogP contribution in [0.2, 0.25) is 0 Å². The van der Waals surface area contributed by atoms with Crippen molar-refractivity contribution in [2.24, 2.45) is 0 Å². The first-order valence-electron chi connectivity index (χ1n) is 8.72. The average molecular weight is 415 g/mol. The highest BCUT2D eigenvalue weighted by Crippen LogP contribution is 2.27. The Balaban J connectivity index is 1.81. The Morgan fingerprint density at radius 3 is 2.41 bits per heavy atom. The minimum atomic E-state index is -0.970. The standard InChI is InChI=1S/C20H18FN3O4S/c1-28-18(26)12-23-16(11-17(25)22-14-9-7-13(21)8-10-14)19(27)24(20(23)29)15-5-3-2-4-6-15/h2-10,16H,11-12H2,1H3,(H,22,25)/t16-/m1/s1. The summed E-state index contributed by atoms with van der Waals surface area (Å²) >= 11 is 5.41. The molecule has 2 amide bonds. The number of benzene rings is 2. The number of halogens is 1. The molecule has 1 N–H and O–H groups in total. The number of anilines is 2. The van der Waals surface area contributed by atoms with E-state index in [1.165, 1.54) is 41.2 Å². The lowest BCUT2D eigenvalue weighted by Crippen LogP contribution is -2.41. The molecule has 2 aromatic carbocycles. The van der Waals surface area contributed by atoms with Crippen LogP contribution in [-0.2, 0) is 19.1 Å². The van der Waals surface area contributed by atoms with E-state index in [1.54, 1.807) is 30.3 Å². The van der Waals surface area contributed by atoms with Gasteiger partial charge in [0.1, 0.15) is 18.4 Å². The average Bonchev–Trinajstić information content (AvgIpc) is 2.94. The predicted octanol–water partition coefficient (Wildman–Crippen LogP) is 2.33. The number of nitrogens with zero attached hydrogens (tertiary/aromatic N) is 2. The van der Waals surface area contributed by atoms with Gasteiger partial charge in [-0.15, -0.1) is 0 Å². The second-order valence-electron chi connectivity index (χ2n) is 6.27. The van der Waals surface area contributed by atoms with Gasteiger partial charge in [-0.1, -0.05) is 18.2 Å². The van der Waals surface area contributed by atoms with Crippen molar-refractivity contribution in [1.29, 1.82) is 0 Å². The van der Waals surface area contributed by atoms with Gasteiger partial charge in [-0.25, -0.2) is 4.39 Å². The Morgan fingerprint density at radius 1 is 1.14 bits per heavy atom. The van der Waals surface area contributed by atoms with Gasteiger partial charge in [0.15, 0.2) is 5.11 Å². The largest absolute Gasteiger partial charge is 0.468 e. The van der Waals surface area contributed by atoms with E-state index in [9.17, 15) is 18.8 Å². The van der Waals surface area contributed by atoms with Crippen molar-refractivity contribution in [2.75, 3.05) is 23.9 Å². The van der Waals surface area contributed by atoms with Crippen molar-refractivity contribution in [3.8, 4) is 0 Å². The molecule has 0 aromatic heterocycles. The Kier molecular flexibility index (Phi) is 6.18. The lowest BCUT2D eigenvalue weighted by atomic mass is 10.1. The molecule has 0 aliphatic carbocycles. The van der Waals surface area contributed by atoms with E-state index in [0.717, 1.165) is 0 Å². The van der Waals surface area contributed by atoms with Crippen LogP contribution < -0.4 is 10.2 Å². The van der Waals surface area contributed by atoms with Crippen LogP contribution in [0.1, 0.15) is 6.42 Å². The molecule has 1 aliphatic heterocycles. The van der Waals surface area contributed by atoms with Crippen LogP contribution >= 0.6 is 12.2 Å². The maximum atomic E-state index is 13.0. The molecule has 2 aromatic rings. The summed E-state index contributed by atoms with van der Waals surface area (Å²) in [4.78, 5) is 40.0. The van der Waals surface area contributed by atoms with Crippen LogP contribution in [-0.4, -0.2) is 47.5 Å². The van der Waals surface area contributed by atoms with Crippen LogP contribution in [0.15, 0.2) is 54.6 Å². The number of hydrogen-bond donors (Lipinski definition) is 1. The zero-order valence-electron chi connectivity index (χ0n) is 15.5. The topological polar surface area (TPSA) is 79.0 Å². The maximum absolute atomic E-state index is 13.0. The molecule has 9 heteroatoms. The zero-order chi connectivity index (χ0) is 21.0. The minimum absolute atomic E-state index is 0.117. The van der Waals surface area contributed by atoms with Crippen LogP contribution in [0.25, 0.3) is 0 Å². The zero-order valence-corrected chi connectivity index (χ0v) is 16.3. The van der Waals surface area contributed by atoms with Crippen molar-refractivity contribution in [3.63, 3.8) is 0 Å². The normalized spacial score (nSPS) is 16.1. The highest BCUT2D eigenvalue weighted by Gasteiger charge is 2.45. The Labute approximate surface area is 172 Å². The monoisotopic (exact) mass is 415 g/mol. The van der Waals surface area contributed by atoms with E-state index in [4.69, 9.17) is 17.0 Å². The molecule has 1 heterocycles. The summed E-state index contributed by atoms with van der Waals surface area (Å²) in [6.45, 7) is -0.265. The summed E-state index contributed by atoms with van der Waals surface area (Å²) in [5, 5.41) is 2.73. The predicted molar refractivity (Wildman–Crippen MR) is 109 cm³/mol. The Hall–Kier alpha value is -3.33. The fourth-order valence-electron chi connectivity index (χ4n) is 2.95. The maximum Gasteiger partial charge on any atom is 0.325 e. The summed E-state index contributed by atoms with van der Waals surface area (Å²) in [6.07, 6.45) is -0.239. The van der Waals surface area contributed by atoms with Gasteiger partial charge in [-0.2, -0.15) is 0 Å². The number of rotatable bonds is 6. The van der Waals surface area contributed by atoms with Gasteiger partial charge in [0, 0.05) is 5.69 Å². The van der Waals surface area contributed by atoms with Crippen molar-refractivity contribution in [2.45, 2.75) is 12.5 Å². The van der Waals surface area contributed by atoms with Gasteiger partial charge in [0.05, 0.1) is 19.2 Å². The second kappa shape index (κ2) is 8.78. The number of methoxy groups -OCH3 is 1. The van der Waals surface area contributed by atoms with E-state index < -0.39 is 29.6 Å². The number of hydrogen-bond acceptors (Lipinski definition) is 5. The molecular weight excluding hydrogens is 397 g/mol. The molecule has 0 spiro atoms. The second-order valence-corrected chi connectivity index (χ2v) is 6.64. The van der Waals surface area contributed by atoms with Crippen molar-refractivity contribution < 1.29 is 23.5 Å². The number of para-hydroxylation sites is 1. The number of esters is 1. The van der Waals surface area contributed by atoms with Gasteiger partial charge in [0.2, 0.25) is 5.91 Å². The SMILES string of the molecule is COC(=O)CN1C(=S)N(c2ccccc2)C(=O)[C@H]1CC(=O)Nc1ccc(F)cc1. The first-order valence-corrected chi connectivity index (χ1v) is 9.13. The molecule has 0 radical (unpaired) electrons. The molecule has 1 saturated heterocycles. The number of amides is 2. The molecule has 1 fully saturated rings. The molecule has 7 nitrogen and oxygen atoms in total. The molecule has 0 bridgehead atoms. The van der Waals surface area contributed by atoms with E-state index in [0.29, 0.717) is 11.4 Å². The van der Waals surface area contributed by atoms with Gasteiger partial charge < -0.3 is 15.0 Å². The van der Waals surface area contributed by atoms with Gasteiger partial charge in [-0.05, 0) is 48.6 Å². The van der Waals surface area contributed by atoms with Crippen molar-refractivity contribution >= 4 is 46.5 Å². The fourth-order valence-corrected chi connectivity index (χ4v) is 3.34. The van der Waals surface area contributed by atoms with Crippen molar-refractivity contribution in [1.82, 2.24) is 4.90 Å². The molecule has 1 aliphatic rings. The summed E-state index contributed by atoms with van der Waals surface area (Å²) < 4.78 is 17.7. The Morgan fingerprint density at radius 2 is 1.79 bits per heavy atom.